The quantitative estimate of drug-likeness (QED) is 0.685. The largest absolute Gasteiger partial charge is 0.353 e. The van der Waals surface area contributed by atoms with Crippen molar-refractivity contribution in [2.45, 2.75) is 32.7 Å². The Labute approximate surface area is 92.2 Å². The highest BCUT2D eigenvalue weighted by atomic mass is 16.2. The molecular formula is C11H23N3O. The topological polar surface area (TPSA) is 58.4 Å². The fourth-order valence-corrected chi connectivity index (χ4v) is 2.06. The molecule has 1 amide bonds. The van der Waals surface area contributed by atoms with Crippen molar-refractivity contribution in [2.24, 2.45) is 11.7 Å². The van der Waals surface area contributed by atoms with E-state index in [4.69, 9.17) is 5.73 Å². The van der Waals surface area contributed by atoms with Gasteiger partial charge in [-0.15, -0.1) is 0 Å². The summed E-state index contributed by atoms with van der Waals surface area (Å²) in [7, 11) is 0. The Morgan fingerprint density at radius 3 is 2.93 bits per heavy atom. The van der Waals surface area contributed by atoms with Gasteiger partial charge < -0.3 is 11.1 Å². The van der Waals surface area contributed by atoms with Gasteiger partial charge >= 0.3 is 0 Å². The summed E-state index contributed by atoms with van der Waals surface area (Å²) >= 11 is 0. The molecule has 0 aromatic rings. The van der Waals surface area contributed by atoms with Crippen molar-refractivity contribution in [3.63, 3.8) is 0 Å². The molecule has 15 heavy (non-hydrogen) atoms. The second-order valence-corrected chi connectivity index (χ2v) is 4.70. The van der Waals surface area contributed by atoms with Gasteiger partial charge in [0.2, 0.25) is 5.91 Å². The van der Waals surface area contributed by atoms with Crippen LogP contribution in [0.2, 0.25) is 0 Å². The molecule has 4 nitrogen and oxygen atoms in total. The second kappa shape index (κ2) is 6.08. The second-order valence-electron chi connectivity index (χ2n) is 4.70. The molecule has 1 heterocycles. The number of carbonyl (C=O) groups excluding carboxylic acids is 1. The van der Waals surface area contributed by atoms with Crippen molar-refractivity contribution in [1.29, 1.82) is 0 Å². The molecule has 4 heteroatoms. The number of carbonyl (C=O) groups is 1. The molecule has 1 unspecified atom stereocenters. The highest BCUT2D eigenvalue weighted by molar-refractivity contribution is 5.78. The molecule has 3 N–H and O–H groups in total. The van der Waals surface area contributed by atoms with Gasteiger partial charge in [0.1, 0.15) is 0 Å². The number of amides is 1. The van der Waals surface area contributed by atoms with E-state index in [9.17, 15) is 4.79 Å². The molecule has 1 saturated heterocycles. The van der Waals surface area contributed by atoms with E-state index < -0.39 is 0 Å². The molecule has 0 aromatic heterocycles. The standard InChI is InChI=1S/C11H23N3O/c1-9(2)6-10-7-13-11(15)8-14(10)5-3-4-12/h9-10H,3-8,12H2,1-2H3,(H,13,15). The number of nitrogens with one attached hydrogen (secondary N) is 1. The third-order valence-electron chi connectivity index (χ3n) is 2.79. The predicted octanol–water partition coefficient (Wildman–Crippen LogP) is 0.182. The van der Waals surface area contributed by atoms with Crippen molar-refractivity contribution < 1.29 is 4.79 Å². The minimum Gasteiger partial charge on any atom is -0.353 e. The maximum absolute atomic E-state index is 11.3. The Morgan fingerprint density at radius 1 is 1.60 bits per heavy atom. The Kier molecular flexibility index (Phi) is 5.05. The van der Waals surface area contributed by atoms with Gasteiger partial charge in [-0.2, -0.15) is 0 Å². The summed E-state index contributed by atoms with van der Waals surface area (Å²) in [6, 6.07) is 0.495. The molecule has 1 atom stereocenters. The molecule has 0 radical (unpaired) electrons. The van der Waals surface area contributed by atoms with E-state index in [2.05, 4.69) is 24.1 Å². The predicted molar refractivity (Wildman–Crippen MR) is 61.5 cm³/mol. The van der Waals surface area contributed by atoms with Crippen LogP contribution >= 0.6 is 0 Å². The zero-order valence-corrected chi connectivity index (χ0v) is 9.83. The van der Waals surface area contributed by atoms with Crippen LogP contribution in [-0.2, 0) is 4.79 Å². The number of piperazine rings is 1. The van der Waals surface area contributed by atoms with Crippen molar-refractivity contribution in [3.8, 4) is 0 Å². The molecular weight excluding hydrogens is 190 g/mol. The lowest BCUT2D eigenvalue weighted by atomic mass is 10.0. The van der Waals surface area contributed by atoms with Gasteiger partial charge in [-0.3, -0.25) is 9.69 Å². The van der Waals surface area contributed by atoms with Gasteiger partial charge in [-0.05, 0) is 25.3 Å². The van der Waals surface area contributed by atoms with Crippen LogP contribution in [0.25, 0.3) is 0 Å². The van der Waals surface area contributed by atoms with Gasteiger partial charge in [-0.25, -0.2) is 0 Å². The molecule has 1 aliphatic heterocycles. The smallest absolute Gasteiger partial charge is 0.234 e. The zero-order valence-electron chi connectivity index (χ0n) is 9.83. The van der Waals surface area contributed by atoms with Gasteiger partial charge in [0, 0.05) is 19.1 Å². The lowest BCUT2D eigenvalue weighted by Gasteiger charge is -2.36. The molecule has 1 fully saturated rings. The maximum atomic E-state index is 11.3. The van der Waals surface area contributed by atoms with Gasteiger partial charge in [-0.1, -0.05) is 13.8 Å². The van der Waals surface area contributed by atoms with Crippen LogP contribution in [-0.4, -0.2) is 43.0 Å². The van der Waals surface area contributed by atoms with Crippen LogP contribution in [0.5, 0.6) is 0 Å². The third kappa shape index (κ3) is 4.18. The number of nitrogens with two attached hydrogens (primary N) is 1. The molecule has 0 aliphatic carbocycles. The van der Waals surface area contributed by atoms with E-state index in [0.717, 1.165) is 25.9 Å². The zero-order chi connectivity index (χ0) is 11.3. The molecule has 1 rings (SSSR count). The van der Waals surface area contributed by atoms with Crippen molar-refractivity contribution in [1.82, 2.24) is 10.2 Å². The Hall–Kier alpha value is -0.610. The third-order valence-corrected chi connectivity index (χ3v) is 2.79. The number of hydrogen-bond acceptors (Lipinski definition) is 3. The molecule has 0 saturated carbocycles. The van der Waals surface area contributed by atoms with Crippen LogP contribution in [0, 0.1) is 5.92 Å². The first-order valence-corrected chi connectivity index (χ1v) is 5.84. The minimum atomic E-state index is 0.145. The lowest BCUT2D eigenvalue weighted by Crippen LogP contribution is -2.54. The van der Waals surface area contributed by atoms with Gasteiger partial charge in [0.15, 0.2) is 0 Å². The summed E-state index contributed by atoms with van der Waals surface area (Å²) < 4.78 is 0. The van der Waals surface area contributed by atoms with Crippen LogP contribution in [0.4, 0.5) is 0 Å². The number of hydrogen-bond donors (Lipinski definition) is 2. The Bertz CT molecular complexity index is 206. The average Bonchev–Trinajstić information content (AvgIpc) is 2.18. The van der Waals surface area contributed by atoms with E-state index in [-0.39, 0.29) is 5.91 Å². The van der Waals surface area contributed by atoms with Crippen LogP contribution in [0.3, 0.4) is 0 Å². The van der Waals surface area contributed by atoms with E-state index in [1.807, 2.05) is 0 Å². The summed E-state index contributed by atoms with van der Waals surface area (Å²) in [5.41, 5.74) is 5.50. The van der Waals surface area contributed by atoms with E-state index in [1.165, 1.54) is 0 Å². The van der Waals surface area contributed by atoms with E-state index in [0.29, 0.717) is 25.0 Å². The van der Waals surface area contributed by atoms with Crippen LogP contribution < -0.4 is 11.1 Å². The fraction of sp³-hybridized carbons (Fsp3) is 0.909. The van der Waals surface area contributed by atoms with Crippen LogP contribution in [0.15, 0.2) is 0 Å². The summed E-state index contributed by atoms with van der Waals surface area (Å²) in [4.78, 5) is 13.6. The van der Waals surface area contributed by atoms with Crippen molar-refractivity contribution in [2.75, 3.05) is 26.2 Å². The molecule has 0 aromatic carbocycles. The van der Waals surface area contributed by atoms with Crippen LogP contribution in [0.1, 0.15) is 26.7 Å². The van der Waals surface area contributed by atoms with Crippen molar-refractivity contribution in [3.05, 3.63) is 0 Å². The molecule has 1 aliphatic rings. The monoisotopic (exact) mass is 213 g/mol. The van der Waals surface area contributed by atoms with Gasteiger partial charge in [0.05, 0.1) is 6.54 Å². The minimum absolute atomic E-state index is 0.145. The van der Waals surface area contributed by atoms with E-state index in [1.54, 1.807) is 0 Å². The fourth-order valence-electron chi connectivity index (χ4n) is 2.06. The summed E-state index contributed by atoms with van der Waals surface area (Å²) in [6.07, 6.45) is 2.12. The maximum Gasteiger partial charge on any atom is 0.234 e. The number of rotatable bonds is 5. The Morgan fingerprint density at radius 2 is 2.33 bits per heavy atom. The van der Waals surface area contributed by atoms with E-state index >= 15 is 0 Å². The normalized spacial score (nSPS) is 23.2. The summed E-state index contributed by atoms with van der Waals surface area (Å²) in [5, 5.41) is 2.93. The summed E-state index contributed by atoms with van der Waals surface area (Å²) in [5.74, 6) is 0.817. The highest BCUT2D eigenvalue weighted by Crippen LogP contribution is 2.13. The molecule has 88 valence electrons. The van der Waals surface area contributed by atoms with Crippen molar-refractivity contribution >= 4 is 5.91 Å². The first kappa shape index (κ1) is 12.5. The first-order chi connectivity index (χ1) is 7.13. The average molecular weight is 213 g/mol. The van der Waals surface area contributed by atoms with Gasteiger partial charge in [0.25, 0.3) is 0 Å². The SMILES string of the molecule is CC(C)CC1CNC(=O)CN1CCCN. The number of nitrogens with zero attached hydrogens (tertiary/aromatic N) is 1. The Balaban J connectivity index is 2.46. The molecule has 0 bridgehead atoms. The first-order valence-electron chi connectivity index (χ1n) is 5.84. The summed E-state index contributed by atoms with van der Waals surface area (Å²) in [6.45, 7) is 7.42. The lowest BCUT2D eigenvalue weighted by molar-refractivity contribution is -0.125. The molecule has 0 spiro atoms. The highest BCUT2D eigenvalue weighted by Gasteiger charge is 2.26.